The molecule has 116 valence electrons. The van der Waals surface area contributed by atoms with Crippen LogP contribution in [0.3, 0.4) is 0 Å². The van der Waals surface area contributed by atoms with Gasteiger partial charge < -0.3 is 5.73 Å². The van der Waals surface area contributed by atoms with Gasteiger partial charge in [-0.2, -0.15) is 5.10 Å². The molecule has 1 unspecified atom stereocenters. The van der Waals surface area contributed by atoms with Crippen LogP contribution in [0.2, 0.25) is 0 Å². The van der Waals surface area contributed by atoms with E-state index in [0.717, 1.165) is 19.3 Å². The van der Waals surface area contributed by atoms with Crippen molar-refractivity contribution < 1.29 is 0 Å². The largest absolute Gasteiger partial charge is 0.327 e. The molecule has 0 spiro atoms. The summed E-state index contributed by atoms with van der Waals surface area (Å²) in [6, 6.07) is 2.48. The molecule has 0 saturated heterocycles. The van der Waals surface area contributed by atoms with Crippen LogP contribution < -0.4 is 5.73 Å². The Morgan fingerprint density at radius 3 is 2.35 bits per heavy atom. The average molecular weight is 279 g/mol. The third kappa shape index (κ3) is 6.56. The average Bonchev–Trinajstić information content (AvgIpc) is 2.78. The Bertz CT molecular complexity index is 357. The third-order valence-electron chi connectivity index (χ3n) is 4.04. The van der Waals surface area contributed by atoms with E-state index in [1.54, 1.807) is 0 Å². The van der Waals surface area contributed by atoms with Crippen molar-refractivity contribution in [3.05, 3.63) is 17.5 Å². The van der Waals surface area contributed by atoms with E-state index in [-0.39, 0.29) is 6.04 Å². The molecule has 0 bridgehead atoms. The minimum atomic E-state index is 0.283. The van der Waals surface area contributed by atoms with E-state index in [4.69, 9.17) is 5.73 Å². The Labute approximate surface area is 124 Å². The molecule has 1 aromatic heterocycles. The van der Waals surface area contributed by atoms with Crippen molar-refractivity contribution >= 4 is 0 Å². The smallest absolute Gasteiger partial charge is 0.0624 e. The van der Waals surface area contributed by atoms with Crippen LogP contribution >= 0.6 is 0 Å². The first kappa shape index (κ1) is 17.2. The van der Waals surface area contributed by atoms with Gasteiger partial charge in [-0.3, -0.25) is 4.68 Å². The van der Waals surface area contributed by atoms with Crippen molar-refractivity contribution in [2.24, 2.45) is 12.8 Å². The van der Waals surface area contributed by atoms with Gasteiger partial charge in [0.2, 0.25) is 0 Å². The van der Waals surface area contributed by atoms with Crippen molar-refractivity contribution in [3.8, 4) is 0 Å². The SMILES string of the molecule is CCCCCCCCCC(N)Cc1cc(CC)nn1C. The second kappa shape index (κ2) is 9.98. The molecular weight excluding hydrogens is 246 g/mol. The number of hydrogen-bond donors (Lipinski definition) is 1. The quantitative estimate of drug-likeness (QED) is 0.622. The summed E-state index contributed by atoms with van der Waals surface area (Å²) in [6.07, 6.45) is 12.6. The van der Waals surface area contributed by atoms with Crippen molar-refractivity contribution in [1.29, 1.82) is 0 Å². The van der Waals surface area contributed by atoms with Gasteiger partial charge in [-0.25, -0.2) is 0 Å². The summed E-state index contributed by atoms with van der Waals surface area (Å²) >= 11 is 0. The standard InChI is InChI=1S/C17H33N3/c1-4-6-7-8-9-10-11-12-15(18)13-17-14-16(5-2)19-20(17)3/h14-15H,4-13,18H2,1-3H3. The lowest BCUT2D eigenvalue weighted by Gasteiger charge is -2.11. The van der Waals surface area contributed by atoms with E-state index < -0.39 is 0 Å². The molecule has 1 aromatic rings. The highest BCUT2D eigenvalue weighted by Crippen LogP contribution is 2.12. The fraction of sp³-hybridized carbons (Fsp3) is 0.824. The molecule has 0 radical (unpaired) electrons. The molecule has 3 nitrogen and oxygen atoms in total. The lowest BCUT2D eigenvalue weighted by molar-refractivity contribution is 0.518. The molecule has 0 amide bonds. The van der Waals surface area contributed by atoms with Crippen molar-refractivity contribution in [1.82, 2.24) is 9.78 Å². The van der Waals surface area contributed by atoms with Gasteiger partial charge in [-0.1, -0.05) is 58.8 Å². The molecule has 1 heterocycles. The van der Waals surface area contributed by atoms with Gasteiger partial charge in [0.15, 0.2) is 0 Å². The normalized spacial score (nSPS) is 12.8. The molecule has 1 rings (SSSR count). The number of aryl methyl sites for hydroxylation is 2. The van der Waals surface area contributed by atoms with Crippen LogP contribution in [0.15, 0.2) is 6.07 Å². The zero-order valence-electron chi connectivity index (χ0n) is 13.7. The fourth-order valence-corrected chi connectivity index (χ4v) is 2.67. The van der Waals surface area contributed by atoms with Crippen LogP contribution in [0.5, 0.6) is 0 Å². The highest BCUT2D eigenvalue weighted by atomic mass is 15.3. The lowest BCUT2D eigenvalue weighted by Crippen LogP contribution is -2.23. The maximum atomic E-state index is 6.25. The predicted molar refractivity (Wildman–Crippen MR) is 86.9 cm³/mol. The van der Waals surface area contributed by atoms with Crippen LogP contribution in [0.4, 0.5) is 0 Å². The van der Waals surface area contributed by atoms with E-state index in [2.05, 4.69) is 25.0 Å². The van der Waals surface area contributed by atoms with Crippen LogP contribution in [-0.4, -0.2) is 15.8 Å². The molecule has 0 aliphatic rings. The summed E-state index contributed by atoms with van der Waals surface area (Å²) in [6.45, 7) is 4.41. The first-order valence-electron chi connectivity index (χ1n) is 8.44. The van der Waals surface area contributed by atoms with Crippen molar-refractivity contribution in [3.63, 3.8) is 0 Å². The summed E-state index contributed by atoms with van der Waals surface area (Å²) in [4.78, 5) is 0. The summed E-state index contributed by atoms with van der Waals surface area (Å²) in [5, 5.41) is 4.48. The zero-order chi connectivity index (χ0) is 14.8. The van der Waals surface area contributed by atoms with Crippen LogP contribution in [0.1, 0.15) is 76.6 Å². The minimum Gasteiger partial charge on any atom is -0.327 e. The van der Waals surface area contributed by atoms with Crippen LogP contribution in [0.25, 0.3) is 0 Å². The first-order valence-corrected chi connectivity index (χ1v) is 8.44. The third-order valence-corrected chi connectivity index (χ3v) is 4.04. The van der Waals surface area contributed by atoms with E-state index in [1.165, 1.54) is 56.3 Å². The molecule has 1 atom stereocenters. The van der Waals surface area contributed by atoms with Gasteiger partial charge >= 0.3 is 0 Å². The molecular formula is C17H33N3. The van der Waals surface area contributed by atoms with Gasteiger partial charge in [0, 0.05) is 25.2 Å². The highest BCUT2D eigenvalue weighted by molar-refractivity contribution is 5.11. The maximum Gasteiger partial charge on any atom is 0.0624 e. The van der Waals surface area contributed by atoms with Crippen molar-refractivity contribution in [2.45, 2.75) is 84.1 Å². The number of hydrogen-bond acceptors (Lipinski definition) is 2. The van der Waals surface area contributed by atoms with Crippen molar-refractivity contribution in [2.75, 3.05) is 0 Å². The molecule has 0 aliphatic carbocycles. The predicted octanol–water partition coefficient (Wildman–Crippen LogP) is 3.99. The maximum absolute atomic E-state index is 6.25. The summed E-state index contributed by atoms with van der Waals surface area (Å²) < 4.78 is 1.99. The summed E-state index contributed by atoms with van der Waals surface area (Å²) in [7, 11) is 2.02. The van der Waals surface area contributed by atoms with E-state index >= 15 is 0 Å². The Morgan fingerprint density at radius 1 is 1.10 bits per heavy atom. The van der Waals surface area contributed by atoms with Crippen LogP contribution in [-0.2, 0) is 19.9 Å². The van der Waals surface area contributed by atoms with E-state index in [1.807, 2.05) is 11.7 Å². The monoisotopic (exact) mass is 279 g/mol. The molecule has 2 N–H and O–H groups in total. The number of nitrogens with zero attached hydrogens (tertiary/aromatic N) is 2. The van der Waals surface area contributed by atoms with E-state index in [0.29, 0.717) is 0 Å². The second-order valence-electron chi connectivity index (χ2n) is 5.98. The number of unbranched alkanes of at least 4 members (excludes halogenated alkanes) is 6. The second-order valence-corrected chi connectivity index (χ2v) is 5.98. The van der Waals surface area contributed by atoms with Gasteiger partial charge in [0.1, 0.15) is 0 Å². The number of rotatable bonds is 11. The van der Waals surface area contributed by atoms with Crippen LogP contribution in [0, 0.1) is 0 Å². The Hall–Kier alpha value is -0.830. The number of aromatic nitrogens is 2. The minimum absolute atomic E-state index is 0.283. The lowest BCUT2D eigenvalue weighted by atomic mass is 10.0. The topological polar surface area (TPSA) is 43.8 Å². The first-order chi connectivity index (χ1) is 9.67. The molecule has 0 saturated carbocycles. The fourth-order valence-electron chi connectivity index (χ4n) is 2.67. The Kier molecular flexibility index (Phi) is 8.59. The molecule has 0 aromatic carbocycles. The van der Waals surface area contributed by atoms with Gasteiger partial charge in [0.25, 0.3) is 0 Å². The summed E-state index contributed by atoms with van der Waals surface area (Å²) in [5.41, 5.74) is 8.69. The molecule has 20 heavy (non-hydrogen) atoms. The van der Waals surface area contributed by atoms with Gasteiger partial charge in [0.05, 0.1) is 5.69 Å². The van der Waals surface area contributed by atoms with E-state index in [9.17, 15) is 0 Å². The molecule has 0 aliphatic heterocycles. The summed E-state index contributed by atoms with van der Waals surface area (Å²) in [5.74, 6) is 0. The van der Waals surface area contributed by atoms with Gasteiger partial charge in [-0.05, 0) is 18.9 Å². The Balaban J connectivity index is 2.13. The number of nitrogens with two attached hydrogens (primary N) is 1. The highest BCUT2D eigenvalue weighted by Gasteiger charge is 2.09. The Morgan fingerprint density at radius 2 is 1.75 bits per heavy atom. The zero-order valence-corrected chi connectivity index (χ0v) is 13.7. The molecule has 0 fully saturated rings. The molecule has 3 heteroatoms. The van der Waals surface area contributed by atoms with Gasteiger partial charge in [-0.15, -0.1) is 0 Å².